The molecule has 1 heterocycles. The molecular formula is C18H18N2O2. The predicted molar refractivity (Wildman–Crippen MR) is 86.6 cm³/mol. The summed E-state index contributed by atoms with van der Waals surface area (Å²) in [5.74, 6) is 0. The second-order valence-corrected chi connectivity index (χ2v) is 5.31. The number of aromatic amines is 1. The van der Waals surface area contributed by atoms with Gasteiger partial charge in [-0.2, -0.15) is 0 Å². The van der Waals surface area contributed by atoms with E-state index in [1.165, 1.54) is 0 Å². The monoisotopic (exact) mass is 294 g/mol. The van der Waals surface area contributed by atoms with Gasteiger partial charge < -0.3 is 15.5 Å². The van der Waals surface area contributed by atoms with Crippen molar-refractivity contribution in [3.63, 3.8) is 0 Å². The number of para-hydroxylation sites is 1. The topological polar surface area (TPSA) is 68.1 Å². The number of amides is 1. The zero-order chi connectivity index (χ0) is 15.4. The Morgan fingerprint density at radius 2 is 1.77 bits per heavy atom. The zero-order valence-electron chi connectivity index (χ0n) is 12.2. The Bertz CT molecular complexity index is 765. The third kappa shape index (κ3) is 3.28. The van der Waals surface area contributed by atoms with Gasteiger partial charge in [-0.15, -0.1) is 0 Å². The van der Waals surface area contributed by atoms with Crippen LogP contribution in [-0.4, -0.2) is 17.2 Å². The number of carbonyl (C=O) groups excluding carboxylic acids is 1. The number of benzene rings is 2. The summed E-state index contributed by atoms with van der Waals surface area (Å²) >= 11 is 0. The molecule has 0 fully saturated rings. The van der Waals surface area contributed by atoms with E-state index < -0.39 is 6.09 Å². The molecule has 0 aliphatic heterocycles. The number of hydrogen-bond acceptors (Lipinski definition) is 2. The van der Waals surface area contributed by atoms with E-state index in [9.17, 15) is 4.79 Å². The lowest BCUT2D eigenvalue weighted by Crippen LogP contribution is -2.26. The van der Waals surface area contributed by atoms with Crippen molar-refractivity contribution in [2.45, 2.75) is 18.9 Å². The normalized spacial score (nSPS) is 12.2. The van der Waals surface area contributed by atoms with Crippen LogP contribution in [-0.2, 0) is 17.6 Å². The summed E-state index contributed by atoms with van der Waals surface area (Å²) in [6.45, 7) is 0. The lowest BCUT2D eigenvalue weighted by Gasteiger charge is -2.16. The van der Waals surface area contributed by atoms with Crippen LogP contribution in [0.4, 0.5) is 4.79 Å². The van der Waals surface area contributed by atoms with Gasteiger partial charge in [0.2, 0.25) is 0 Å². The Morgan fingerprint density at radius 1 is 1.05 bits per heavy atom. The van der Waals surface area contributed by atoms with Gasteiger partial charge in [-0.3, -0.25) is 0 Å². The summed E-state index contributed by atoms with van der Waals surface area (Å²) < 4.78 is 5.30. The minimum absolute atomic E-state index is 0.279. The zero-order valence-corrected chi connectivity index (χ0v) is 12.2. The van der Waals surface area contributed by atoms with Crippen molar-refractivity contribution in [2.24, 2.45) is 5.73 Å². The molecule has 1 unspecified atom stereocenters. The van der Waals surface area contributed by atoms with Crippen LogP contribution in [0, 0.1) is 0 Å². The van der Waals surface area contributed by atoms with Gasteiger partial charge in [0.25, 0.3) is 0 Å². The number of rotatable bonds is 5. The second-order valence-electron chi connectivity index (χ2n) is 5.31. The van der Waals surface area contributed by atoms with Gasteiger partial charge in [0.05, 0.1) is 0 Å². The lowest BCUT2D eigenvalue weighted by atomic mass is 10.0. The summed E-state index contributed by atoms with van der Waals surface area (Å²) in [5.41, 5.74) is 8.54. The van der Waals surface area contributed by atoms with Crippen molar-refractivity contribution in [1.29, 1.82) is 0 Å². The number of nitrogens with two attached hydrogens (primary N) is 1. The maximum atomic E-state index is 11.2. The fraction of sp³-hybridized carbons (Fsp3) is 0.167. The van der Waals surface area contributed by atoms with Crippen LogP contribution in [0.3, 0.4) is 0 Å². The Kier molecular flexibility index (Phi) is 4.10. The van der Waals surface area contributed by atoms with Gasteiger partial charge in [0.1, 0.15) is 6.10 Å². The minimum atomic E-state index is -0.735. The smallest absolute Gasteiger partial charge is 0.404 e. The summed E-state index contributed by atoms with van der Waals surface area (Å²) in [4.78, 5) is 14.4. The first kappa shape index (κ1) is 14.2. The molecule has 0 aliphatic carbocycles. The molecule has 3 N–H and O–H groups in total. The highest BCUT2D eigenvalue weighted by molar-refractivity contribution is 5.83. The van der Waals surface area contributed by atoms with E-state index in [4.69, 9.17) is 10.5 Å². The summed E-state index contributed by atoms with van der Waals surface area (Å²) in [6, 6.07) is 18.0. The van der Waals surface area contributed by atoms with Crippen LogP contribution in [0.1, 0.15) is 11.1 Å². The van der Waals surface area contributed by atoms with Crippen LogP contribution in [0.5, 0.6) is 0 Å². The molecule has 0 saturated heterocycles. The molecule has 22 heavy (non-hydrogen) atoms. The van der Waals surface area contributed by atoms with Gasteiger partial charge in [0.15, 0.2) is 0 Å². The molecule has 0 aliphatic rings. The average Bonchev–Trinajstić information content (AvgIpc) is 2.91. The lowest BCUT2D eigenvalue weighted by molar-refractivity contribution is 0.106. The van der Waals surface area contributed by atoms with E-state index in [0.717, 1.165) is 22.0 Å². The molecule has 2 aromatic carbocycles. The number of aromatic nitrogens is 1. The van der Waals surface area contributed by atoms with E-state index in [1.807, 2.05) is 54.7 Å². The highest BCUT2D eigenvalue weighted by atomic mass is 16.6. The molecule has 1 aromatic heterocycles. The summed E-state index contributed by atoms with van der Waals surface area (Å²) in [7, 11) is 0. The summed E-state index contributed by atoms with van der Waals surface area (Å²) in [5, 5.41) is 1.15. The fourth-order valence-corrected chi connectivity index (χ4v) is 2.74. The minimum Gasteiger partial charge on any atom is -0.446 e. The van der Waals surface area contributed by atoms with Crippen LogP contribution in [0.25, 0.3) is 10.9 Å². The van der Waals surface area contributed by atoms with Crippen LogP contribution < -0.4 is 5.73 Å². The molecule has 0 bridgehead atoms. The van der Waals surface area contributed by atoms with Crippen LogP contribution in [0.15, 0.2) is 60.8 Å². The molecule has 112 valence electrons. The molecule has 0 saturated carbocycles. The Balaban J connectivity index is 1.82. The van der Waals surface area contributed by atoms with Crippen molar-refractivity contribution in [3.05, 3.63) is 71.9 Å². The molecular weight excluding hydrogens is 276 g/mol. The van der Waals surface area contributed by atoms with Crippen molar-refractivity contribution in [1.82, 2.24) is 4.98 Å². The number of nitrogens with one attached hydrogen (secondary N) is 1. The van der Waals surface area contributed by atoms with Gasteiger partial charge in [-0.25, -0.2) is 4.79 Å². The van der Waals surface area contributed by atoms with E-state index in [1.54, 1.807) is 0 Å². The van der Waals surface area contributed by atoms with Crippen LogP contribution in [0.2, 0.25) is 0 Å². The molecule has 0 spiro atoms. The summed E-state index contributed by atoms with van der Waals surface area (Å²) in [6.07, 6.45) is 2.22. The van der Waals surface area contributed by atoms with Crippen molar-refractivity contribution < 1.29 is 9.53 Å². The Morgan fingerprint density at radius 3 is 2.55 bits per heavy atom. The van der Waals surface area contributed by atoms with E-state index in [2.05, 4.69) is 11.1 Å². The van der Waals surface area contributed by atoms with Gasteiger partial charge >= 0.3 is 6.09 Å². The van der Waals surface area contributed by atoms with E-state index in [-0.39, 0.29) is 6.10 Å². The number of carbonyl (C=O) groups is 1. The predicted octanol–water partition coefficient (Wildman–Crippen LogP) is 3.42. The number of fused-ring (bicyclic) bond motifs is 1. The second kappa shape index (κ2) is 6.35. The number of H-pyrrole nitrogens is 1. The molecule has 1 amide bonds. The Hall–Kier alpha value is -2.75. The SMILES string of the molecule is NC(=O)OC(Cc1ccccc1)Cc1c[nH]c2ccccc12. The van der Waals surface area contributed by atoms with Gasteiger partial charge in [-0.05, 0) is 17.2 Å². The highest BCUT2D eigenvalue weighted by Crippen LogP contribution is 2.21. The maximum absolute atomic E-state index is 11.2. The standard InChI is InChI=1S/C18H18N2O2/c19-18(21)22-15(10-13-6-2-1-3-7-13)11-14-12-20-17-9-5-4-8-16(14)17/h1-9,12,15,20H,10-11H2,(H2,19,21). The maximum Gasteiger partial charge on any atom is 0.404 e. The van der Waals surface area contributed by atoms with E-state index in [0.29, 0.717) is 12.8 Å². The highest BCUT2D eigenvalue weighted by Gasteiger charge is 2.16. The van der Waals surface area contributed by atoms with Crippen LogP contribution >= 0.6 is 0 Å². The average molecular weight is 294 g/mol. The molecule has 3 rings (SSSR count). The van der Waals surface area contributed by atoms with E-state index >= 15 is 0 Å². The molecule has 1 atom stereocenters. The fourth-order valence-electron chi connectivity index (χ4n) is 2.74. The molecule has 3 aromatic rings. The molecule has 0 radical (unpaired) electrons. The van der Waals surface area contributed by atoms with Gasteiger partial charge in [-0.1, -0.05) is 48.5 Å². The van der Waals surface area contributed by atoms with Crippen molar-refractivity contribution in [2.75, 3.05) is 0 Å². The quantitative estimate of drug-likeness (QED) is 0.757. The van der Waals surface area contributed by atoms with Crippen molar-refractivity contribution in [3.8, 4) is 0 Å². The third-order valence-electron chi connectivity index (χ3n) is 3.71. The van der Waals surface area contributed by atoms with Crippen molar-refractivity contribution >= 4 is 17.0 Å². The number of hydrogen-bond donors (Lipinski definition) is 2. The third-order valence-corrected chi connectivity index (χ3v) is 3.71. The number of primary amides is 1. The largest absolute Gasteiger partial charge is 0.446 e. The Labute approximate surface area is 128 Å². The first-order chi connectivity index (χ1) is 10.7. The first-order valence-electron chi connectivity index (χ1n) is 7.27. The molecule has 4 heteroatoms. The van der Waals surface area contributed by atoms with Gasteiger partial charge in [0, 0.05) is 29.9 Å². The number of ether oxygens (including phenoxy) is 1. The molecule has 4 nitrogen and oxygen atoms in total. The first-order valence-corrected chi connectivity index (χ1v) is 7.27.